The Morgan fingerprint density at radius 3 is 2.33 bits per heavy atom. The molecule has 1 heterocycles. The smallest absolute Gasteiger partial charge is 0.410 e. The van der Waals surface area contributed by atoms with Crippen molar-refractivity contribution >= 4 is 14.2 Å². The van der Waals surface area contributed by atoms with Crippen molar-refractivity contribution in [2.75, 3.05) is 19.6 Å². The van der Waals surface area contributed by atoms with Crippen LogP contribution in [0.1, 0.15) is 26.3 Å². The van der Waals surface area contributed by atoms with Crippen LogP contribution in [0.4, 0.5) is 4.79 Å². The summed E-state index contributed by atoms with van der Waals surface area (Å²) in [5, 5.41) is 0. The Balaban J connectivity index is 2.09. The van der Waals surface area contributed by atoms with Crippen molar-refractivity contribution < 1.29 is 9.53 Å². The molecule has 1 fully saturated rings. The number of hydrogen-bond acceptors (Lipinski definition) is 3. The Morgan fingerprint density at radius 2 is 1.79 bits per heavy atom. The van der Waals surface area contributed by atoms with E-state index >= 15 is 0 Å². The average molecular weight is 349 g/mol. The third-order valence-corrected chi connectivity index (χ3v) is 6.83. The van der Waals surface area contributed by atoms with Gasteiger partial charge in [0.15, 0.2) is 0 Å². The van der Waals surface area contributed by atoms with Gasteiger partial charge in [0.1, 0.15) is 5.60 Å². The lowest BCUT2D eigenvalue weighted by Gasteiger charge is -2.46. The lowest BCUT2D eigenvalue weighted by molar-refractivity contribution is 0.00736. The fourth-order valence-corrected chi connectivity index (χ4v) is 5.08. The van der Waals surface area contributed by atoms with Crippen molar-refractivity contribution in [3.63, 3.8) is 0 Å². The number of ether oxygens (including phenoxy) is 1. The topological polar surface area (TPSA) is 32.8 Å². The van der Waals surface area contributed by atoms with Crippen LogP contribution < -0.4 is 0 Å². The molecule has 1 aromatic rings. The Kier molecular flexibility index (Phi) is 5.76. The van der Waals surface area contributed by atoms with Gasteiger partial charge in [-0.05, 0) is 26.3 Å². The summed E-state index contributed by atoms with van der Waals surface area (Å²) in [6, 6.07) is 10.6. The first-order valence-electron chi connectivity index (χ1n) is 8.82. The zero-order valence-corrected chi connectivity index (χ0v) is 17.0. The number of rotatable bonds is 3. The van der Waals surface area contributed by atoms with Crippen LogP contribution in [0.25, 0.3) is 0 Å². The first-order valence-corrected chi connectivity index (χ1v) is 12.4. The summed E-state index contributed by atoms with van der Waals surface area (Å²) in [4.78, 5) is 17.1. The van der Waals surface area contributed by atoms with Crippen LogP contribution in [0.15, 0.2) is 30.3 Å². The fourth-order valence-electron chi connectivity index (χ4n) is 3.11. The highest BCUT2D eigenvalue weighted by molar-refractivity contribution is 6.77. The molecule has 1 amide bonds. The number of hydrogen-bond donors (Lipinski definition) is 0. The summed E-state index contributed by atoms with van der Waals surface area (Å²) < 4.78 is 5.65. The van der Waals surface area contributed by atoms with Crippen molar-refractivity contribution in [2.24, 2.45) is 0 Å². The summed E-state index contributed by atoms with van der Waals surface area (Å²) >= 11 is 0. The highest BCUT2D eigenvalue weighted by atomic mass is 28.3. The Bertz CT molecular complexity index is 549. The molecular weight excluding hydrogens is 316 g/mol. The second kappa shape index (κ2) is 7.27. The minimum absolute atomic E-state index is 0.158. The molecule has 134 valence electrons. The molecule has 1 unspecified atom stereocenters. The number of benzene rings is 1. The van der Waals surface area contributed by atoms with E-state index in [1.54, 1.807) is 0 Å². The third kappa shape index (κ3) is 5.35. The second-order valence-electron chi connectivity index (χ2n) is 8.78. The molecule has 0 bridgehead atoms. The van der Waals surface area contributed by atoms with E-state index in [4.69, 9.17) is 4.74 Å². The standard InChI is InChI=1S/C19H32N2O2Si/c1-19(2,3)23-18(22)21-13-12-20(15-17(21)24(4,5)6)14-16-10-8-7-9-11-16/h7-11,17H,12-15H2,1-6H3. The van der Waals surface area contributed by atoms with Gasteiger partial charge in [0, 0.05) is 31.8 Å². The van der Waals surface area contributed by atoms with Gasteiger partial charge in [-0.15, -0.1) is 0 Å². The monoisotopic (exact) mass is 348 g/mol. The van der Waals surface area contributed by atoms with Crippen molar-refractivity contribution in [3.8, 4) is 0 Å². The molecule has 0 N–H and O–H groups in total. The van der Waals surface area contributed by atoms with Crippen LogP contribution in [0.5, 0.6) is 0 Å². The largest absolute Gasteiger partial charge is 0.444 e. The average Bonchev–Trinajstić information content (AvgIpc) is 2.45. The Labute approximate surface area is 147 Å². The van der Waals surface area contributed by atoms with Gasteiger partial charge < -0.3 is 9.64 Å². The maximum absolute atomic E-state index is 12.6. The molecule has 1 atom stereocenters. The first kappa shape index (κ1) is 19.0. The summed E-state index contributed by atoms with van der Waals surface area (Å²) in [5.74, 6) is 0. The van der Waals surface area contributed by atoms with Gasteiger partial charge in [-0.1, -0.05) is 50.0 Å². The molecule has 0 radical (unpaired) electrons. The van der Waals surface area contributed by atoms with Gasteiger partial charge in [0.25, 0.3) is 0 Å². The van der Waals surface area contributed by atoms with E-state index in [9.17, 15) is 4.79 Å². The zero-order chi connectivity index (χ0) is 18.0. The lowest BCUT2D eigenvalue weighted by atomic mass is 10.2. The van der Waals surface area contributed by atoms with Crippen LogP contribution in [0.2, 0.25) is 19.6 Å². The van der Waals surface area contributed by atoms with E-state index in [0.29, 0.717) is 0 Å². The van der Waals surface area contributed by atoms with Crippen LogP contribution in [-0.2, 0) is 11.3 Å². The first-order chi connectivity index (χ1) is 11.1. The Morgan fingerprint density at radius 1 is 1.17 bits per heavy atom. The van der Waals surface area contributed by atoms with Crippen molar-refractivity contribution in [1.82, 2.24) is 9.80 Å². The SMILES string of the molecule is CC(C)(C)OC(=O)N1CCN(Cc2ccccc2)CC1[Si](C)(C)C. The third-order valence-electron chi connectivity index (χ3n) is 4.34. The summed E-state index contributed by atoms with van der Waals surface area (Å²) in [7, 11) is -1.53. The minimum atomic E-state index is -1.53. The van der Waals surface area contributed by atoms with Gasteiger partial charge in [-0.2, -0.15) is 0 Å². The molecule has 4 nitrogen and oxygen atoms in total. The quantitative estimate of drug-likeness (QED) is 0.775. The summed E-state index contributed by atoms with van der Waals surface area (Å²) in [6.07, 6.45) is -0.158. The number of piperazine rings is 1. The minimum Gasteiger partial charge on any atom is -0.444 e. The van der Waals surface area contributed by atoms with Gasteiger partial charge in [-0.3, -0.25) is 4.90 Å². The predicted octanol–water partition coefficient (Wildman–Crippen LogP) is 3.99. The van der Waals surface area contributed by atoms with Gasteiger partial charge >= 0.3 is 6.09 Å². The molecule has 0 spiro atoms. The number of amides is 1. The zero-order valence-electron chi connectivity index (χ0n) is 16.0. The van der Waals surface area contributed by atoms with Crippen molar-refractivity contribution in [1.29, 1.82) is 0 Å². The molecule has 0 aromatic heterocycles. The molecule has 24 heavy (non-hydrogen) atoms. The van der Waals surface area contributed by atoms with E-state index in [0.717, 1.165) is 26.2 Å². The number of carbonyl (C=O) groups excluding carboxylic acids is 1. The molecule has 1 aliphatic rings. The fraction of sp³-hybridized carbons (Fsp3) is 0.632. The predicted molar refractivity (Wildman–Crippen MR) is 102 cm³/mol. The molecule has 1 aromatic carbocycles. The Hall–Kier alpha value is -1.33. The molecule has 1 saturated heterocycles. The number of carbonyl (C=O) groups is 1. The van der Waals surface area contributed by atoms with Gasteiger partial charge in [-0.25, -0.2) is 4.79 Å². The van der Waals surface area contributed by atoms with Crippen LogP contribution in [0, 0.1) is 0 Å². The lowest BCUT2D eigenvalue weighted by Crippen LogP contribution is -2.63. The molecule has 2 rings (SSSR count). The van der Waals surface area contributed by atoms with Crippen LogP contribution >= 0.6 is 0 Å². The summed E-state index contributed by atoms with van der Waals surface area (Å²) in [6.45, 7) is 16.3. The van der Waals surface area contributed by atoms with Gasteiger partial charge in [0.05, 0.1) is 8.07 Å². The number of nitrogens with zero attached hydrogens (tertiary/aromatic N) is 2. The molecule has 0 saturated carbocycles. The van der Waals surface area contributed by atoms with Crippen molar-refractivity contribution in [2.45, 2.75) is 58.2 Å². The summed E-state index contributed by atoms with van der Waals surface area (Å²) in [5.41, 5.74) is 1.17. The van der Waals surface area contributed by atoms with E-state index in [-0.39, 0.29) is 11.8 Å². The van der Waals surface area contributed by atoms with E-state index in [2.05, 4.69) is 54.9 Å². The van der Waals surface area contributed by atoms with Crippen LogP contribution in [0.3, 0.4) is 0 Å². The molecule has 0 aliphatic carbocycles. The maximum Gasteiger partial charge on any atom is 0.410 e. The van der Waals surface area contributed by atoms with Crippen molar-refractivity contribution in [3.05, 3.63) is 35.9 Å². The van der Waals surface area contributed by atoms with E-state index in [1.807, 2.05) is 25.7 Å². The van der Waals surface area contributed by atoms with Gasteiger partial charge in [0.2, 0.25) is 0 Å². The maximum atomic E-state index is 12.6. The molecular formula is C19H32N2O2Si. The highest BCUT2D eigenvalue weighted by Crippen LogP contribution is 2.23. The normalized spacial score (nSPS) is 20.1. The highest BCUT2D eigenvalue weighted by Gasteiger charge is 2.40. The molecule has 5 heteroatoms. The molecule has 1 aliphatic heterocycles. The van der Waals surface area contributed by atoms with E-state index in [1.165, 1.54) is 5.56 Å². The van der Waals surface area contributed by atoms with Crippen LogP contribution in [-0.4, -0.2) is 54.9 Å². The second-order valence-corrected chi connectivity index (χ2v) is 14.2. The van der Waals surface area contributed by atoms with E-state index < -0.39 is 13.7 Å².